The Balaban J connectivity index is 1.50. The summed E-state index contributed by atoms with van der Waals surface area (Å²) in [6.07, 6.45) is 3.97. The molecule has 0 heterocycles. The van der Waals surface area contributed by atoms with Crippen molar-refractivity contribution in [2.45, 2.75) is 38.6 Å². The van der Waals surface area contributed by atoms with Gasteiger partial charge >= 0.3 is 0 Å². The van der Waals surface area contributed by atoms with Crippen molar-refractivity contribution >= 4 is 17.5 Å². The number of anilines is 1. The Morgan fingerprint density at radius 3 is 2.57 bits per heavy atom. The van der Waals surface area contributed by atoms with Gasteiger partial charge in [-0.2, -0.15) is 0 Å². The Morgan fingerprint density at radius 1 is 1.04 bits per heavy atom. The van der Waals surface area contributed by atoms with Crippen LogP contribution in [-0.2, 0) is 22.4 Å². The number of aryl methyl sites for hydroxylation is 2. The van der Waals surface area contributed by atoms with Crippen molar-refractivity contribution in [3.05, 3.63) is 65.2 Å². The number of hydrogen-bond donors (Lipinski definition) is 2. The van der Waals surface area contributed by atoms with Crippen molar-refractivity contribution in [3.8, 4) is 0 Å². The zero-order valence-electron chi connectivity index (χ0n) is 16.7. The van der Waals surface area contributed by atoms with Gasteiger partial charge in [0.2, 0.25) is 11.8 Å². The monoisotopic (exact) mass is 379 g/mol. The lowest BCUT2D eigenvalue weighted by atomic mass is 9.88. The first-order valence-corrected chi connectivity index (χ1v) is 10.00. The number of amides is 2. The minimum atomic E-state index is -0.112. The first-order valence-electron chi connectivity index (χ1n) is 10.00. The summed E-state index contributed by atoms with van der Waals surface area (Å²) in [5, 5.41) is 6.08. The van der Waals surface area contributed by atoms with E-state index in [9.17, 15) is 9.59 Å². The Labute approximate surface area is 167 Å². The van der Waals surface area contributed by atoms with Crippen LogP contribution < -0.4 is 10.6 Å². The zero-order valence-corrected chi connectivity index (χ0v) is 16.7. The van der Waals surface area contributed by atoms with Crippen LogP contribution in [0, 0.1) is 0 Å². The molecule has 3 rings (SSSR count). The molecule has 28 heavy (non-hydrogen) atoms. The number of para-hydroxylation sites is 1. The van der Waals surface area contributed by atoms with E-state index in [-0.39, 0.29) is 30.9 Å². The van der Waals surface area contributed by atoms with Gasteiger partial charge in [0.1, 0.15) is 0 Å². The second kappa shape index (κ2) is 9.51. The van der Waals surface area contributed by atoms with Crippen molar-refractivity contribution in [1.29, 1.82) is 0 Å². The average Bonchev–Trinajstić information content (AvgIpc) is 2.68. The number of fused-ring (bicyclic) bond motifs is 1. The number of likely N-dealkylation sites (N-methyl/N-ethyl adjacent to an activating group) is 1. The molecule has 5 heteroatoms. The van der Waals surface area contributed by atoms with E-state index in [2.05, 4.69) is 29.7 Å². The van der Waals surface area contributed by atoms with E-state index >= 15 is 0 Å². The molecule has 0 saturated carbocycles. The number of hydrogen-bond acceptors (Lipinski definition) is 3. The van der Waals surface area contributed by atoms with Gasteiger partial charge in [-0.1, -0.05) is 49.4 Å². The number of carbonyl (C=O) groups excluding carboxylic acids is 2. The summed E-state index contributed by atoms with van der Waals surface area (Å²) in [7, 11) is 1.79. The zero-order chi connectivity index (χ0) is 19.9. The Kier molecular flexibility index (Phi) is 6.82. The molecule has 2 aromatic carbocycles. The standard InChI is InChI=1S/C23H29N3O2/c1-3-17-9-5-7-13-20(17)24-22(27)15-26(2)16-23(28)25-21-14-8-11-18-10-4-6-12-19(18)21/h4-7,9-10,12-13,21H,3,8,11,14-16H2,1-2H3,(H,24,27)(H,25,28). The fraction of sp³-hybridized carbons (Fsp3) is 0.391. The molecule has 0 saturated heterocycles. The normalized spacial score (nSPS) is 15.8. The van der Waals surface area contributed by atoms with Crippen molar-refractivity contribution < 1.29 is 9.59 Å². The number of nitrogens with one attached hydrogen (secondary N) is 2. The highest BCUT2D eigenvalue weighted by molar-refractivity contribution is 5.93. The lowest BCUT2D eigenvalue weighted by Gasteiger charge is -2.27. The second-order valence-electron chi connectivity index (χ2n) is 7.44. The van der Waals surface area contributed by atoms with E-state index < -0.39 is 0 Å². The van der Waals surface area contributed by atoms with Crippen LogP contribution in [0.2, 0.25) is 0 Å². The van der Waals surface area contributed by atoms with Crippen LogP contribution in [0.3, 0.4) is 0 Å². The fourth-order valence-corrected chi connectivity index (χ4v) is 3.83. The molecule has 0 bridgehead atoms. The van der Waals surface area contributed by atoms with E-state index in [4.69, 9.17) is 0 Å². The molecule has 2 amide bonds. The van der Waals surface area contributed by atoms with Gasteiger partial charge in [0.25, 0.3) is 0 Å². The third kappa shape index (κ3) is 5.20. The Morgan fingerprint density at radius 2 is 1.75 bits per heavy atom. The third-order valence-corrected chi connectivity index (χ3v) is 5.20. The van der Waals surface area contributed by atoms with Crippen LogP contribution in [0.25, 0.3) is 0 Å². The summed E-state index contributed by atoms with van der Waals surface area (Å²) in [5.74, 6) is -0.162. The van der Waals surface area contributed by atoms with Crippen molar-refractivity contribution in [3.63, 3.8) is 0 Å². The molecule has 1 aliphatic carbocycles. The van der Waals surface area contributed by atoms with Crippen molar-refractivity contribution in [1.82, 2.24) is 10.2 Å². The number of carbonyl (C=O) groups is 2. The molecular formula is C23H29N3O2. The van der Waals surface area contributed by atoms with Gasteiger partial charge < -0.3 is 10.6 Å². The quantitative estimate of drug-likeness (QED) is 0.776. The third-order valence-electron chi connectivity index (χ3n) is 5.20. The fourth-order valence-electron chi connectivity index (χ4n) is 3.83. The summed E-state index contributed by atoms with van der Waals surface area (Å²) in [5.41, 5.74) is 4.49. The maximum Gasteiger partial charge on any atom is 0.238 e. The molecule has 148 valence electrons. The number of nitrogens with zero attached hydrogens (tertiary/aromatic N) is 1. The highest BCUT2D eigenvalue weighted by atomic mass is 16.2. The summed E-state index contributed by atoms with van der Waals surface area (Å²) in [6.45, 7) is 2.43. The predicted octanol–water partition coefficient (Wildman–Crippen LogP) is 3.31. The van der Waals surface area contributed by atoms with Gasteiger partial charge in [0.15, 0.2) is 0 Å². The minimum Gasteiger partial charge on any atom is -0.348 e. The first kappa shape index (κ1) is 20.1. The minimum absolute atomic E-state index is 0.0500. The number of rotatable bonds is 7. The molecule has 0 fully saturated rings. The predicted molar refractivity (Wildman–Crippen MR) is 112 cm³/mol. The lowest BCUT2D eigenvalue weighted by Crippen LogP contribution is -2.40. The average molecular weight is 380 g/mol. The smallest absolute Gasteiger partial charge is 0.238 e. The highest BCUT2D eigenvalue weighted by Gasteiger charge is 2.22. The molecule has 2 N–H and O–H groups in total. The topological polar surface area (TPSA) is 61.4 Å². The second-order valence-corrected chi connectivity index (χ2v) is 7.44. The lowest BCUT2D eigenvalue weighted by molar-refractivity contribution is -0.123. The summed E-state index contributed by atoms with van der Waals surface area (Å²) in [6, 6.07) is 16.2. The summed E-state index contributed by atoms with van der Waals surface area (Å²) in [4.78, 5) is 26.6. The van der Waals surface area contributed by atoms with Gasteiger partial charge in [0, 0.05) is 5.69 Å². The van der Waals surface area contributed by atoms with Crippen molar-refractivity contribution in [2.75, 3.05) is 25.5 Å². The van der Waals surface area contributed by atoms with Gasteiger partial charge in [-0.25, -0.2) is 0 Å². The maximum absolute atomic E-state index is 12.5. The Hall–Kier alpha value is -2.66. The number of benzene rings is 2. The van der Waals surface area contributed by atoms with Gasteiger partial charge in [-0.15, -0.1) is 0 Å². The molecule has 1 unspecified atom stereocenters. The molecule has 5 nitrogen and oxygen atoms in total. The first-order chi connectivity index (χ1) is 13.6. The molecule has 2 aromatic rings. The van der Waals surface area contributed by atoms with Crippen LogP contribution in [0.15, 0.2) is 48.5 Å². The van der Waals surface area contributed by atoms with Crippen LogP contribution >= 0.6 is 0 Å². The maximum atomic E-state index is 12.5. The van der Waals surface area contributed by atoms with Gasteiger partial charge in [0.05, 0.1) is 19.1 Å². The van der Waals surface area contributed by atoms with Crippen LogP contribution in [-0.4, -0.2) is 36.9 Å². The van der Waals surface area contributed by atoms with E-state index in [1.165, 1.54) is 11.1 Å². The molecule has 0 radical (unpaired) electrons. The van der Waals surface area contributed by atoms with Crippen LogP contribution in [0.1, 0.15) is 42.5 Å². The van der Waals surface area contributed by atoms with E-state index in [1.807, 2.05) is 36.4 Å². The van der Waals surface area contributed by atoms with Gasteiger partial charge in [-0.05, 0) is 55.5 Å². The van der Waals surface area contributed by atoms with E-state index in [0.29, 0.717) is 0 Å². The van der Waals surface area contributed by atoms with Gasteiger partial charge in [-0.3, -0.25) is 14.5 Å². The summed E-state index contributed by atoms with van der Waals surface area (Å²) >= 11 is 0. The Bertz CT molecular complexity index is 834. The van der Waals surface area contributed by atoms with Crippen molar-refractivity contribution in [2.24, 2.45) is 0 Å². The molecule has 0 aromatic heterocycles. The van der Waals surface area contributed by atoms with Crippen LogP contribution in [0.5, 0.6) is 0 Å². The molecule has 0 aliphatic heterocycles. The largest absolute Gasteiger partial charge is 0.348 e. The SMILES string of the molecule is CCc1ccccc1NC(=O)CN(C)CC(=O)NC1CCCc2ccccc21. The highest BCUT2D eigenvalue weighted by Crippen LogP contribution is 2.29. The molecular weight excluding hydrogens is 350 g/mol. The van der Waals surface area contributed by atoms with E-state index in [1.54, 1.807) is 11.9 Å². The molecule has 1 aliphatic rings. The van der Waals surface area contributed by atoms with Crippen LogP contribution in [0.4, 0.5) is 5.69 Å². The van der Waals surface area contributed by atoms with E-state index in [0.717, 1.165) is 36.9 Å². The molecule has 0 spiro atoms. The summed E-state index contributed by atoms with van der Waals surface area (Å²) < 4.78 is 0. The molecule has 1 atom stereocenters.